The Morgan fingerprint density at radius 3 is 2.45 bits per heavy atom. The van der Waals surface area contributed by atoms with Gasteiger partial charge >= 0.3 is 6.18 Å². The second kappa shape index (κ2) is 9.02. The zero-order valence-corrected chi connectivity index (χ0v) is 19.7. The van der Waals surface area contributed by atoms with E-state index < -0.39 is 23.1 Å². The lowest BCUT2D eigenvalue weighted by molar-refractivity contribution is -0.154. The van der Waals surface area contributed by atoms with Gasteiger partial charge in [-0.05, 0) is 58.5 Å². The van der Waals surface area contributed by atoms with Gasteiger partial charge in [0.05, 0.1) is 15.4 Å². The molecule has 1 aromatic heterocycles. The number of halogens is 4. The van der Waals surface area contributed by atoms with Crippen molar-refractivity contribution in [1.29, 1.82) is 0 Å². The van der Waals surface area contributed by atoms with E-state index in [2.05, 4.69) is 34.7 Å². The molecule has 176 valence electrons. The number of hydrogen-bond acceptors (Lipinski definition) is 5. The summed E-state index contributed by atoms with van der Waals surface area (Å²) in [6.07, 6.45) is -3.93. The van der Waals surface area contributed by atoms with Crippen LogP contribution in [0.1, 0.15) is 31.6 Å². The number of rotatable bonds is 4. The van der Waals surface area contributed by atoms with Crippen molar-refractivity contribution in [1.82, 2.24) is 4.90 Å². The van der Waals surface area contributed by atoms with Crippen LogP contribution in [-0.4, -0.2) is 23.1 Å². The fourth-order valence-corrected chi connectivity index (χ4v) is 4.87. The van der Waals surface area contributed by atoms with Crippen LogP contribution in [0.25, 0.3) is 11.0 Å². The highest BCUT2D eigenvalue weighted by molar-refractivity contribution is 9.10. The molecule has 2 atom stereocenters. The van der Waals surface area contributed by atoms with Gasteiger partial charge in [-0.2, -0.15) is 13.2 Å². The molecule has 1 aliphatic heterocycles. The normalized spacial score (nSPS) is 19.7. The summed E-state index contributed by atoms with van der Waals surface area (Å²) in [6.45, 7) is 5.86. The van der Waals surface area contributed by atoms with Crippen molar-refractivity contribution in [2.24, 2.45) is 11.8 Å². The van der Waals surface area contributed by atoms with Gasteiger partial charge in [-0.3, -0.25) is 9.69 Å². The predicted octanol–water partition coefficient (Wildman–Crippen LogP) is 6.55. The van der Waals surface area contributed by atoms with Crippen LogP contribution in [0.4, 0.5) is 13.2 Å². The molecule has 2 aromatic carbocycles. The second-order valence-electron chi connectivity index (χ2n) is 8.70. The Morgan fingerprint density at radius 1 is 1.15 bits per heavy atom. The molecular weight excluding hydrogens is 503 g/mol. The van der Waals surface area contributed by atoms with E-state index in [1.807, 2.05) is 0 Å². The highest BCUT2D eigenvalue weighted by Gasteiger charge is 2.41. The fraction of sp³-hybridized carbons (Fsp3) is 0.375. The van der Waals surface area contributed by atoms with E-state index in [0.717, 1.165) is 19.5 Å². The van der Waals surface area contributed by atoms with Gasteiger partial charge in [0.15, 0.2) is 0 Å². The van der Waals surface area contributed by atoms with E-state index in [0.29, 0.717) is 16.3 Å². The van der Waals surface area contributed by atoms with Crippen LogP contribution in [0, 0.1) is 11.8 Å². The third-order valence-electron chi connectivity index (χ3n) is 5.73. The molecule has 1 aliphatic rings. The van der Waals surface area contributed by atoms with Crippen molar-refractivity contribution in [2.45, 2.75) is 33.0 Å². The summed E-state index contributed by atoms with van der Waals surface area (Å²) in [7, 11) is 0. The number of para-hydroxylation sites is 1. The summed E-state index contributed by atoms with van der Waals surface area (Å²) < 4.78 is 53.0. The molecule has 2 unspecified atom stereocenters. The smallest absolute Gasteiger partial charge is 0.453 e. The standard InChI is InChI=1S/C24H23BrF3NO4/c1-13-9-14(2)11-29(10-13)12-16-18(30)8-7-15-20(31)22(23(24(26,27)28)33-21(15)16)32-19-6-4-3-5-17(19)25/h3-8,13-14,30H,9-12H2,1-2H3. The zero-order valence-electron chi connectivity index (χ0n) is 18.1. The topological polar surface area (TPSA) is 62.9 Å². The number of phenols is 1. The molecular formula is C24H23BrF3NO4. The summed E-state index contributed by atoms with van der Waals surface area (Å²) >= 11 is 3.21. The molecule has 3 aromatic rings. The van der Waals surface area contributed by atoms with Gasteiger partial charge in [-0.15, -0.1) is 0 Å². The Hall–Kier alpha value is -2.52. The van der Waals surface area contributed by atoms with Crippen LogP contribution in [0.15, 0.2) is 50.1 Å². The number of nitrogens with zero attached hydrogens (tertiary/aromatic N) is 1. The fourth-order valence-electron chi connectivity index (χ4n) is 4.50. The van der Waals surface area contributed by atoms with E-state index in [1.165, 1.54) is 18.2 Å². The van der Waals surface area contributed by atoms with Gasteiger partial charge in [0.25, 0.3) is 5.76 Å². The van der Waals surface area contributed by atoms with Crippen molar-refractivity contribution in [3.8, 4) is 17.2 Å². The van der Waals surface area contributed by atoms with Gasteiger partial charge in [0, 0.05) is 19.6 Å². The van der Waals surface area contributed by atoms with Gasteiger partial charge in [-0.1, -0.05) is 26.0 Å². The SMILES string of the molecule is CC1CC(C)CN(Cc2c(O)ccc3c(=O)c(Oc4ccccc4Br)c(C(F)(F)F)oc23)C1. The van der Waals surface area contributed by atoms with Crippen LogP contribution in [0.2, 0.25) is 0 Å². The molecule has 33 heavy (non-hydrogen) atoms. The molecule has 2 heterocycles. The number of likely N-dealkylation sites (tertiary alicyclic amines) is 1. The molecule has 0 bridgehead atoms. The third-order valence-corrected chi connectivity index (χ3v) is 6.38. The van der Waals surface area contributed by atoms with E-state index in [-0.39, 0.29) is 34.6 Å². The van der Waals surface area contributed by atoms with Gasteiger partial charge in [-0.25, -0.2) is 0 Å². The first kappa shape index (κ1) is 23.6. The lowest BCUT2D eigenvalue weighted by atomic mass is 9.91. The average molecular weight is 526 g/mol. The number of alkyl halides is 3. The van der Waals surface area contributed by atoms with E-state index in [4.69, 9.17) is 9.15 Å². The van der Waals surface area contributed by atoms with Crippen LogP contribution in [0.5, 0.6) is 17.2 Å². The van der Waals surface area contributed by atoms with E-state index in [9.17, 15) is 23.1 Å². The minimum Gasteiger partial charge on any atom is -0.507 e. The quantitative estimate of drug-likeness (QED) is 0.418. The van der Waals surface area contributed by atoms with Gasteiger partial charge in [0.2, 0.25) is 11.2 Å². The Labute approximate surface area is 196 Å². The van der Waals surface area contributed by atoms with Gasteiger partial charge in [0.1, 0.15) is 17.1 Å². The Kier molecular flexibility index (Phi) is 6.46. The monoisotopic (exact) mass is 525 g/mol. The summed E-state index contributed by atoms with van der Waals surface area (Å²) in [5.74, 6) is -1.84. The minimum absolute atomic E-state index is 0.0462. The van der Waals surface area contributed by atoms with Gasteiger partial charge < -0.3 is 14.3 Å². The van der Waals surface area contributed by atoms with Crippen molar-refractivity contribution < 1.29 is 27.4 Å². The van der Waals surface area contributed by atoms with Crippen molar-refractivity contribution in [3.63, 3.8) is 0 Å². The Morgan fingerprint density at radius 2 is 1.82 bits per heavy atom. The summed E-state index contributed by atoms with van der Waals surface area (Å²) in [5.41, 5.74) is -1.08. The number of hydrogen-bond donors (Lipinski definition) is 1. The first-order valence-corrected chi connectivity index (χ1v) is 11.4. The number of aromatic hydroxyl groups is 1. The number of fused-ring (bicyclic) bond motifs is 1. The van der Waals surface area contributed by atoms with Crippen molar-refractivity contribution in [2.75, 3.05) is 13.1 Å². The maximum Gasteiger partial charge on any atom is 0.453 e. The minimum atomic E-state index is -4.99. The number of benzene rings is 2. The molecule has 1 fully saturated rings. The molecule has 1 saturated heterocycles. The Balaban J connectivity index is 1.87. The first-order chi connectivity index (χ1) is 15.5. The van der Waals surface area contributed by atoms with Crippen LogP contribution in [0.3, 0.4) is 0 Å². The van der Waals surface area contributed by atoms with Crippen LogP contribution >= 0.6 is 15.9 Å². The van der Waals surface area contributed by atoms with Crippen LogP contribution < -0.4 is 10.2 Å². The van der Waals surface area contributed by atoms with E-state index >= 15 is 0 Å². The summed E-state index contributed by atoms with van der Waals surface area (Å²) in [6, 6.07) is 8.83. The molecule has 4 rings (SSSR count). The summed E-state index contributed by atoms with van der Waals surface area (Å²) in [4.78, 5) is 15.2. The Bertz CT molecular complexity index is 1230. The molecule has 0 saturated carbocycles. The lowest BCUT2D eigenvalue weighted by Crippen LogP contribution is -2.38. The summed E-state index contributed by atoms with van der Waals surface area (Å²) in [5, 5.41) is 10.4. The predicted molar refractivity (Wildman–Crippen MR) is 122 cm³/mol. The number of ether oxygens (including phenoxy) is 1. The average Bonchev–Trinajstić information content (AvgIpc) is 2.72. The van der Waals surface area contributed by atoms with Crippen molar-refractivity contribution >= 4 is 26.9 Å². The first-order valence-electron chi connectivity index (χ1n) is 10.6. The molecule has 9 heteroatoms. The zero-order chi connectivity index (χ0) is 23.9. The van der Waals surface area contributed by atoms with Crippen molar-refractivity contribution in [3.05, 3.63) is 62.4 Å². The third kappa shape index (κ3) is 4.89. The second-order valence-corrected chi connectivity index (χ2v) is 9.55. The maximum absolute atomic E-state index is 14.0. The molecule has 0 amide bonds. The number of piperidine rings is 1. The lowest BCUT2D eigenvalue weighted by Gasteiger charge is -2.35. The van der Waals surface area contributed by atoms with E-state index in [1.54, 1.807) is 18.2 Å². The highest BCUT2D eigenvalue weighted by atomic mass is 79.9. The molecule has 1 N–H and O–H groups in total. The largest absolute Gasteiger partial charge is 0.507 e. The number of phenolic OH excluding ortho intramolecular Hbond substituents is 1. The molecule has 0 spiro atoms. The molecule has 5 nitrogen and oxygen atoms in total. The highest BCUT2D eigenvalue weighted by Crippen LogP contribution is 2.41. The molecule has 0 radical (unpaired) electrons. The maximum atomic E-state index is 14.0. The molecule has 0 aliphatic carbocycles. The van der Waals surface area contributed by atoms with Crippen LogP contribution in [-0.2, 0) is 12.7 Å².